The number of rotatable bonds is 9. The fourth-order valence-corrected chi connectivity index (χ4v) is 2.83. The van der Waals surface area contributed by atoms with E-state index in [1.54, 1.807) is 11.0 Å². The SMILES string of the molecule is CCOCCCN(CC(=O)Nc1ccon1)C(=O)C1CCCC1. The van der Waals surface area contributed by atoms with Gasteiger partial charge < -0.3 is 19.5 Å². The van der Waals surface area contributed by atoms with Gasteiger partial charge >= 0.3 is 0 Å². The van der Waals surface area contributed by atoms with Gasteiger partial charge in [-0.1, -0.05) is 18.0 Å². The van der Waals surface area contributed by atoms with Crippen LogP contribution in [-0.4, -0.2) is 48.2 Å². The molecule has 0 atom stereocenters. The highest BCUT2D eigenvalue weighted by molar-refractivity contribution is 5.94. The number of nitrogens with one attached hydrogen (secondary N) is 1. The molecule has 1 fully saturated rings. The predicted octanol–water partition coefficient (Wildman–Crippen LogP) is 2.06. The zero-order valence-electron chi connectivity index (χ0n) is 13.6. The molecular weight excluding hydrogens is 298 g/mol. The van der Waals surface area contributed by atoms with Crippen molar-refractivity contribution in [2.24, 2.45) is 5.92 Å². The molecule has 128 valence electrons. The van der Waals surface area contributed by atoms with Crippen molar-refractivity contribution in [3.05, 3.63) is 12.3 Å². The molecule has 2 amide bonds. The molecule has 0 saturated heterocycles. The van der Waals surface area contributed by atoms with Gasteiger partial charge in [0.05, 0.1) is 6.54 Å². The standard InChI is InChI=1S/C16H25N3O4/c1-2-22-10-5-9-19(16(21)13-6-3-4-7-13)12-15(20)17-14-8-11-23-18-14/h8,11,13H,2-7,9-10,12H2,1H3,(H,17,18,20). The minimum absolute atomic E-state index is 0.0360. The van der Waals surface area contributed by atoms with E-state index in [4.69, 9.17) is 4.74 Å². The summed E-state index contributed by atoms with van der Waals surface area (Å²) in [6.45, 7) is 3.75. The predicted molar refractivity (Wildman–Crippen MR) is 84.8 cm³/mol. The number of ether oxygens (including phenoxy) is 1. The summed E-state index contributed by atoms with van der Waals surface area (Å²) in [5.74, 6) is 0.232. The molecule has 1 aliphatic rings. The first-order chi connectivity index (χ1) is 11.2. The van der Waals surface area contributed by atoms with E-state index in [1.165, 1.54) is 6.26 Å². The minimum Gasteiger partial charge on any atom is -0.382 e. The molecule has 0 aliphatic heterocycles. The highest BCUT2D eigenvalue weighted by atomic mass is 16.5. The maximum Gasteiger partial charge on any atom is 0.245 e. The molecule has 0 radical (unpaired) electrons. The van der Waals surface area contributed by atoms with Crippen LogP contribution < -0.4 is 5.32 Å². The molecule has 7 heteroatoms. The Morgan fingerprint density at radius 3 is 2.87 bits per heavy atom. The monoisotopic (exact) mass is 323 g/mol. The first-order valence-corrected chi connectivity index (χ1v) is 8.27. The van der Waals surface area contributed by atoms with Crippen LogP contribution in [-0.2, 0) is 14.3 Å². The van der Waals surface area contributed by atoms with Gasteiger partial charge in [0.25, 0.3) is 0 Å². The molecule has 2 rings (SSSR count). The Kier molecular flexibility index (Phi) is 7.06. The molecule has 0 aromatic carbocycles. The lowest BCUT2D eigenvalue weighted by molar-refractivity contribution is -0.138. The summed E-state index contributed by atoms with van der Waals surface area (Å²) in [6, 6.07) is 1.57. The second-order valence-electron chi connectivity index (χ2n) is 5.72. The Morgan fingerprint density at radius 1 is 1.43 bits per heavy atom. The van der Waals surface area contributed by atoms with E-state index in [-0.39, 0.29) is 24.3 Å². The molecule has 23 heavy (non-hydrogen) atoms. The maximum absolute atomic E-state index is 12.6. The number of amides is 2. The zero-order valence-corrected chi connectivity index (χ0v) is 13.6. The largest absolute Gasteiger partial charge is 0.382 e. The number of carbonyl (C=O) groups excluding carboxylic acids is 2. The van der Waals surface area contributed by atoms with Gasteiger partial charge in [-0.05, 0) is 26.2 Å². The van der Waals surface area contributed by atoms with E-state index in [2.05, 4.69) is 15.0 Å². The number of hydrogen-bond acceptors (Lipinski definition) is 5. The quantitative estimate of drug-likeness (QED) is 0.703. The first kappa shape index (κ1) is 17.5. The van der Waals surface area contributed by atoms with Crippen LogP contribution in [0.5, 0.6) is 0 Å². The molecule has 1 aromatic rings. The van der Waals surface area contributed by atoms with E-state index >= 15 is 0 Å². The Bertz CT molecular complexity index is 484. The highest BCUT2D eigenvalue weighted by Crippen LogP contribution is 2.26. The number of anilines is 1. The van der Waals surface area contributed by atoms with Gasteiger partial charge in [-0.25, -0.2) is 0 Å². The van der Waals surface area contributed by atoms with Crippen molar-refractivity contribution in [1.82, 2.24) is 10.1 Å². The van der Waals surface area contributed by atoms with Gasteiger partial charge in [-0.3, -0.25) is 9.59 Å². The van der Waals surface area contributed by atoms with E-state index < -0.39 is 0 Å². The van der Waals surface area contributed by atoms with Crippen molar-refractivity contribution < 1.29 is 18.8 Å². The summed E-state index contributed by atoms with van der Waals surface area (Å²) in [7, 11) is 0. The van der Waals surface area contributed by atoms with Crippen LogP contribution in [0.3, 0.4) is 0 Å². The molecule has 1 saturated carbocycles. The third-order valence-corrected chi connectivity index (χ3v) is 3.98. The second kappa shape index (κ2) is 9.29. The van der Waals surface area contributed by atoms with E-state index in [1.807, 2.05) is 6.92 Å². The minimum atomic E-state index is -0.262. The third-order valence-electron chi connectivity index (χ3n) is 3.98. The van der Waals surface area contributed by atoms with Gasteiger partial charge in [-0.2, -0.15) is 0 Å². The number of carbonyl (C=O) groups is 2. The molecule has 0 unspecified atom stereocenters. The first-order valence-electron chi connectivity index (χ1n) is 8.27. The lowest BCUT2D eigenvalue weighted by atomic mass is 10.1. The van der Waals surface area contributed by atoms with Gasteiger partial charge in [-0.15, -0.1) is 0 Å². The summed E-state index contributed by atoms with van der Waals surface area (Å²) < 4.78 is 10.00. The average molecular weight is 323 g/mol. The smallest absolute Gasteiger partial charge is 0.245 e. The van der Waals surface area contributed by atoms with Crippen molar-refractivity contribution in [2.75, 3.05) is 31.6 Å². The topological polar surface area (TPSA) is 84.7 Å². The van der Waals surface area contributed by atoms with Crippen molar-refractivity contribution in [3.63, 3.8) is 0 Å². The normalized spacial score (nSPS) is 14.8. The van der Waals surface area contributed by atoms with Crippen molar-refractivity contribution in [3.8, 4) is 0 Å². The molecule has 1 aliphatic carbocycles. The average Bonchev–Trinajstić information content (AvgIpc) is 3.22. The lowest BCUT2D eigenvalue weighted by Crippen LogP contribution is -2.41. The summed E-state index contributed by atoms with van der Waals surface area (Å²) in [5, 5.41) is 6.27. The van der Waals surface area contributed by atoms with Crippen molar-refractivity contribution in [1.29, 1.82) is 0 Å². The molecule has 7 nitrogen and oxygen atoms in total. The molecule has 1 aromatic heterocycles. The summed E-state index contributed by atoms with van der Waals surface area (Å²) >= 11 is 0. The highest BCUT2D eigenvalue weighted by Gasteiger charge is 2.28. The molecule has 0 spiro atoms. The van der Waals surface area contributed by atoms with Gasteiger partial charge in [0, 0.05) is 31.7 Å². The van der Waals surface area contributed by atoms with Crippen LogP contribution in [0.4, 0.5) is 5.82 Å². The van der Waals surface area contributed by atoms with E-state index in [0.717, 1.165) is 32.1 Å². The Morgan fingerprint density at radius 2 is 2.22 bits per heavy atom. The summed E-state index contributed by atoms with van der Waals surface area (Å²) in [5.41, 5.74) is 0. The molecule has 1 N–H and O–H groups in total. The number of aromatic nitrogens is 1. The van der Waals surface area contributed by atoms with Crippen molar-refractivity contribution in [2.45, 2.75) is 39.0 Å². The van der Waals surface area contributed by atoms with Crippen LogP contribution in [0.25, 0.3) is 0 Å². The Balaban J connectivity index is 1.88. The maximum atomic E-state index is 12.6. The van der Waals surface area contributed by atoms with E-state index in [0.29, 0.717) is 25.6 Å². The van der Waals surface area contributed by atoms with Crippen LogP contribution in [0.15, 0.2) is 16.9 Å². The van der Waals surface area contributed by atoms with Gasteiger partial charge in [0.2, 0.25) is 11.8 Å². The van der Waals surface area contributed by atoms with E-state index in [9.17, 15) is 9.59 Å². The Labute approximate surface area is 136 Å². The fraction of sp³-hybridized carbons (Fsp3) is 0.688. The molecule has 1 heterocycles. The lowest BCUT2D eigenvalue weighted by Gasteiger charge is -2.25. The fourth-order valence-electron chi connectivity index (χ4n) is 2.83. The van der Waals surface area contributed by atoms with Crippen molar-refractivity contribution >= 4 is 17.6 Å². The van der Waals surface area contributed by atoms with Crippen LogP contribution >= 0.6 is 0 Å². The van der Waals surface area contributed by atoms with Gasteiger partial charge in [0.1, 0.15) is 6.26 Å². The van der Waals surface area contributed by atoms with Crippen LogP contribution in [0.2, 0.25) is 0 Å². The second-order valence-corrected chi connectivity index (χ2v) is 5.72. The zero-order chi connectivity index (χ0) is 16.5. The number of nitrogens with zero attached hydrogens (tertiary/aromatic N) is 2. The summed E-state index contributed by atoms with van der Waals surface area (Å²) in [4.78, 5) is 26.4. The Hall–Kier alpha value is -1.89. The third kappa shape index (κ3) is 5.67. The van der Waals surface area contributed by atoms with Gasteiger partial charge in [0.15, 0.2) is 5.82 Å². The van der Waals surface area contributed by atoms with Crippen LogP contribution in [0.1, 0.15) is 39.0 Å². The summed E-state index contributed by atoms with van der Waals surface area (Å²) in [6.07, 6.45) is 6.14. The van der Waals surface area contributed by atoms with Crippen LogP contribution in [0, 0.1) is 5.92 Å². The molecular formula is C16H25N3O4. The number of hydrogen-bond donors (Lipinski definition) is 1. The molecule has 0 bridgehead atoms.